The van der Waals surface area contributed by atoms with E-state index in [1.54, 1.807) is 30.5 Å². The first-order chi connectivity index (χ1) is 12.6. The molecule has 6 nitrogen and oxygen atoms in total. The number of hydrogen-bond acceptors (Lipinski definition) is 4. The minimum absolute atomic E-state index is 0.235. The molecule has 26 heavy (non-hydrogen) atoms. The third-order valence-electron chi connectivity index (χ3n) is 4.87. The van der Waals surface area contributed by atoms with Crippen LogP contribution in [0.2, 0.25) is 5.02 Å². The van der Waals surface area contributed by atoms with Gasteiger partial charge in [-0.15, -0.1) is 0 Å². The van der Waals surface area contributed by atoms with E-state index in [0.29, 0.717) is 16.4 Å². The highest BCUT2D eigenvalue weighted by Crippen LogP contribution is 2.26. The molecule has 3 rings (SSSR count). The lowest BCUT2D eigenvalue weighted by molar-refractivity contribution is 0.0867. The average molecular weight is 377 g/mol. The number of halogens is 1. The summed E-state index contributed by atoms with van der Waals surface area (Å²) in [7, 11) is 0. The minimum Gasteiger partial charge on any atom is -0.392 e. The maximum atomic E-state index is 12.5. The third kappa shape index (κ3) is 4.44. The topological polar surface area (TPSA) is 70.4 Å². The van der Waals surface area contributed by atoms with E-state index in [4.69, 9.17) is 11.6 Å². The number of anilines is 1. The lowest BCUT2D eigenvalue weighted by Gasteiger charge is -2.33. The van der Waals surface area contributed by atoms with Crippen molar-refractivity contribution in [2.24, 2.45) is 0 Å². The molecule has 1 atom stereocenters. The van der Waals surface area contributed by atoms with Crippen LogP contribution in [0.5, 0.6) is 0 Å². The van der Waals surface area contributed by atoms with Crippen molar-refractivity contribution in [2.75, 3.05) is 25.0 Å². The van der Waals surface area contributed by atoms with Gasteiger partial charge in [0.1, 0.15) is 5.82 Å². The van der Waals surface area contributed by atoms with Gasteiger partial charge >= 0.3 is 0 Å². The molecule has 1 fully saturated rings. The molecular formula is C19H25ClN4O2. The number of carbonyl (C=O) groups is 1. The first-order valence-corrected chi connectivity index (χ1v) is 9.46. The number of amides is 1. The summed E-state index contributed by atoms with van der Waals surface area (Å²) in [6.07, 6.45) is 4.09. The number of likely N-dealkylation sites (tertiary alicyclic amines) is 1. The number of β-amino-alcohol motifs (C(OH)–C–C–N with tert-alkyl or cyclic N) is 1. The van der Waals surface area contributed by atoms with Gasteiger partial charge < -0.3 is 15.3 Å². The van der Waals surface area contributed by atoms with Crippen LogP contribution in [0.1, 0.15) is 42.6 Å². The summed E-state index contributed by atoms with van der Waals surface area (Å²) in [5.74, 6) is 0.447. The van der Waals surface area contributed by atoms with Crippen molar-refractivity contribution in [3.8, 4) is 0 Å². The highest BCUT2D eigenvalue weighted by atomic mass is 35.5. The Kier molecular flexibility index (Phi) is 6.29. The molecule has 0 unspecified atom stereocenters. The van der Waals surface area contributed by atoms with Crippen molar-refractivity contribution in [1.82, 2.24) is 14.7 Å². The number of benzene rings is 1. The predicted molar refractivity (Wildman–Crippen MR) is 103 cm³/mol. The Morgan fingerprint density at radius 1 is 1.35 bits per heavy atom. The molecule has 1 aliphatic rings. The highest BCUT2D eigenvalue weighted by molar-refractivity contribution is 6.34. The minimum atomic E-state index is -0.262. The number of piperidine rings is 1. The lowest BCUT2D eigenvalue weighted by Crippen LogP contribution is -2.39. The van der Waals surface area contributed by atoms with Crippen LogP contribution < -0.4 is 5.32 Å². The van der Waals surface area contributed by atoms with Crippen molar-refractivity contribution >= 4 is 23.3 Å². The summed E-state index contributed by atoms with van der Waals surface area (Å²) in [6, 6.07) is 9.04. The first kappa shape index (κ1) is 18.9. The van der Waals surface area contributed by atoms with E-state index in [2.05, 4.69) is 15.3 Å². The maximum Gasteiger partial charge on any atom is 0.258 e. The van der Waals surface area contributed by atoms with E-state index < -0.39 is 0 Å². The quantitative estimate of drug-likeness (QED) is 0.812. The fraction of sp³-hybridized carbons (Fsp3) is 0.474. The molecule has 0 aliphatic carbocycles. The van der Waals surface area contributed by atoms with E-state index in [1.165, 1.54) is 0 Å². The summed E-state index contributed by atoms with van der Waals surface area (Å²) in [5.41, 5.74) is 0.449. The zero-order valence-corrected chi connectivity index (χ0v) is 15.7. The normalized spacial score (nSPS) is 17.2. The van der Waals surface area contributed by atoms with Gasteiger partial charge in [-0.2, -0.15) is 5.10 Å². The molecule has 2 aromatic rings. The number of nitrogens with one attached hydrogen (secondary N) is 1. The van der Waals surface area contributed by atoms with Crippen LogP contribution in [-0.4, -0.2) is 51.4 Å². The van der Waals surface area contributed by atoms with Crippen LogP contribution in [0.4, 0.5) is 5.82 Å². The van der Waals surface area contributed by atoms with E-state index in [9.17, 15) is 9.90 Å². The van der Waals surface area contributed by atoms with Gasteiger partial charge in [-0.1, -0.05) is 30.7 Å². The third-order valence-corrected chi connectivity index (χ3v) is 5.20. The summed E-state index contributed by atoms with van der Waals surface area (Å²) < 4.78 is 1.89. The van der Waals surface area contributed by atoms with Crippen molar-refractivity contribution in [1.29, 1.82) is 0 Å². The monoisotopic (exact) mass is 376 g/mol. The molecule has 7 heteroatoms. The van der Waals surface area contributed by atoms with Gasteiger partial charge in [0.15, 0.2) is 0 Å². The second-order valence-electron chi connectivity index (χ2n) is 6.69. The zero-order chi connectivity index (χ0) is 18.5. The smallest absolute Gasteiger partial charge is 0.258 e. The van der Waals surface area contributed by atoms with Crippen molar-refractivity contribution in [3.63, 3.8) is 0 Å². The Bertz CT molecular complexity index is 741. The van der Waals surface area contributed by atoms with Gasteiger partial charge in [0.25, 0.3) is 5.91 Å². The molecule has 0 spiro atoms. The molecule has 1 aromatic carbocycles. The number of aromatic nitrogens is 2. The van der Waals surface area contributed by atoms with Gasteiger partial charge in [-0.3, -0.25) is 4.79 Å². The molecule has 1 aromatic heterocycles. The maximum absolute atomic E-state index is 12.5. The van der Waals surface area contributed by atoms with E-state index >= 15 is 0 Å². The summed E-state index contributed by atoms with van der Waals surface area (Å²) in [5, 5.41) is 17.6. The average Bonchev–Trinajstić information content (AvgIpc) is 3.10. The number of aliphatic hydroxyl groups is 1. The predicted octanol–water partition coefficient (Wildman–Crippen LogP) is 3.20. The lowest BCUT2D eigenvalue weighted by atomic mass is 10.0. The molecule has 0 radical (unpaired) electrons. The van der Waals surface area contributed by atoms with Gasteiger partial charge in [0.05, 0.1) is 28.9 Å². The van der Waals surface area contributed by atoms with Crippen LogP contribution in [0.3, 0.4) is 0 Å². The SMILES string of the molecule is CC[C@H](O)CN1CCC(n2nccc2NC(=O)c2ccccc2Cl)CC1. The molecule has 0 bridgehead atoms. The van der Waals surface area contributed by atoms with E-state index in [1.807, 2.05) is 17.7 Å². The Morgan fingerprint density at radius 3 is 2.77 bits per heavy atom. The Hall–Kier alpha value is -1.89. The standard InChI is InChI=1S/C19H25ClN4O2/c1-2-15(25)13-23-11-8-14(9-12-23)24-18(7-10-21-24)22-19(26)16-5-3-4-6-17(16)20/h3-7,10,14-15,25H,2,8-9,11-13H2,1H3,(H,22,26)/t15-/m0/s1. The summed E-state index contributed by atoms with van der Waals surface area (Å²) >= 11 is 6.11. The first-order valence-electron chi connectivity index (χ1n) is 9.08. The van der Waals surface area contributed by atoms with E-state index in [-0.39, 0.29) is 18.1 Å². The largest absolute Gasteiger partial charge is 0.392 e. The van der Waals surface area contributed by atoms with Crippen molar-refractivity contribution < 1.29 is 9.90 Å². The van der Waals surface area contributed by atoms with Crippen LogP contribution in [-0.2, 0) is 0 Å². The molecule has 2 heterocycles. The van der Waals surface area contributed by atoms with Gasteiger partial charge in [0.2, 0.25) is 0 Å². The van der Waals surface area contributed by atoms with Crippen LogP contribution >= 0.6 is 11.6 Å². The van der Waals surface area contributed by atoms with Crippen LogP contribution in [0, 0.1) is 0 Å². The molecular weight excluding hydrogens is 352 g/mol. The fourth-order valence-electron chi connectivity index (χ4n) is 3.31. The number of aliphatic hydroxyl groups excluding tert-OH is 1. The highest BCUT2D eigenvalue weighted by Gasteiger charge is 2.24. The number of carbonyl (C=O) groups excluding carboxylic acids is 1. The number of rotatable bonds is 6. The summed E-state index contributed by atoms with van der Waals surface area (Å²) in [4.78, 5) is 14.8. The summed E-state index contributed by atoms with van der Waals surface area (Å²) in [6.45, 7) is 4.55. The molecule has 0 saturated carbocycles. The van der Waals surface area contributed by atoms with Gasteiger partial charge in [0, 0.05) is 25.7 Å². The zero-order valence-electron chi connectivity index (χ0n) is 14.9. The molecule has 2 N–H and O–H groups in total. The fourth-order valence-corrected chi connectivity index (χ4v) is 3.53. The Balaban J connectivity index is 1.63. The number of nitrogens with zero attached hydrogens (tertiary/aromatic N) is 3. The van der Waals surface area contributed by atoms with Crippen LogP contribution in [0.25, 0.3) is 0 Å². The van der Waals surface area contributed by atoms with Gasteiger partial charge in [-0.25, -0.2) is 4.68 Å². The number of hydrogen-bond donors (Lipinski definition) is 2. The molecule has 1 aliphatic heterocycles. The van der Waals surface area contributed by atoms with Crippen molar-refractivity contribution in [3.05, 3.63) is 47.1 Å². The Labute approximate surface area is 158 Å². The molecule has 1 saturated heterocycles. The van der Waals surface area contributed by atoms with E-state index in [0.717, 1.165) is 38.9 Å². The van der Waals surface area contributed by atoms with Crippen LogP contribution in [0.15, 0.2) is 36.5 Å². The second kappa shape index (κ2) is 8.66. The van der Waals surface area contributed by atoms with Crippen molar-refractivity contribution in [2.45, 2.75) is 38.3 Å². The van der Waals surface area contributed by atoms with Gasteiger partial charge in [-0.05, 0) is 31.4 Å². The Morgan fingerprint density at radius 2 is 2.08 bits per heavy atom. The molecule has 140 valence electrons. The second-order valence-corrected chi connectivity index (χ2v) is 7.10. The molecule has 1 amide bonds.